The fourth-order valence-corrected chi connectivity index (χ4v) is 0. The van der Waals surface area contributed by atoms with Crippen molar-refractivity contribution in [1.82, 2.24) is 0 Å². The van der Waals surface area contributed by atoms with Crippen LogP contribution in [0.4, 0.5) is 0 Å². The Balaban J connectivity index is 0. The Morgan fingerprint density at radius 1 is 1.60 bits per heavy atom. The molecule has 0 amide bonds. The maximum absolute atomic E-state index is 7.53. The number of hydrazine groups is 1. The van der Waals surface area contributed by atoms with Crippen LogP contribution in [0, 0.1) is 0 Å². The number of aliphatic hydroxyl groups excluding tert-OH is 1. The lowest BCUT2D eigenvalue weighted by Gasteiger charge is -1.53. The quantitative estimate of drug-likeness (QED) is 0.198. The van der Waals surface area contributed by atoms with E-state index in [1.165, 1.54) is 0 Å². The summed E-state index contributed by atoms with van der Waals surface area (Å²) < 4.78 is 0. The summed E-state index contributed by atoms with van der Waals surface area (Å²) in [6, 6.07) is 0. The number of rotatable bonds is 0. The molecule has 0 bridgehead atoms. The SMILES string of the molecule is NN.OCP. The summed E-state index contributed by atoms with van der Waals surface area (Å²) in [6.45, 7) is 0. The Morgan fingerprint density at radius 3 is 1.60 bits per heavy atom. The Bertz CT molecular complexity index is 9.61. The molecule has 0 saturated heterocycles. The average molecular weight is 96.1 g/mol. The molecule has 0 aliphatic heterocycles. The summed E-state index contributed by atoms with van der Waals surface area (Å²) in [6.07, 6.45) is 0.167. The van der Waals surface area contributed by atoms with Gasteiger partial charge in [-0.3, -0.25) is 11.7 Å². The minimum Gasteiger partial charge on any atom is -0.392 e. The smallest absolute Gasteiger partial charge is 0.0567 e. The van der Waals surface area contributed by atoms with E-state index < -0.39 is 0 Å². The molecular formula is CH9N2OP. The first-order chi connectivity index (χ1) is 2.41. The highest BCUT2D eigenvalue weighted by Crippen LogP contribution is 1.63. The van der Waals surface area contributed by atoms with Crippen molar-refractivity contribution in [2.75, 3.05) is 6.35 Å². The lowest BCUT2D eigenvalue weighted by atomic mass is 11.7. The molecule has 3 nitrogen and oxygen atoms in total. The van der Waals surface area contributed by atoms with Crippen molar-refractivity contribution in [3.05, 3.63) is 0 Å². The molecule has 5 N–H and O–H groups in total. The second kappa shape index (κ2) is 27.5. The van der Waals surface area contributed by atoms with Crippen molar-refractivity contribution in [3.8, 4) is 0 Å². The van der Waals surface area contributed by atoms with Gasteiger partial charge in [0.15, 0.2) is 0 Å². The predicted molar refractivity (Wildman–Crippen MR) is 25.2 cm³/mol. The van der Waals surface area contributed by atoms with Gasteiger partial charge >= 0.3 is 0 Å². The first-order valence-corrected chi connectivity index (χ1v) is 1.87. The largest absolute Gasteiger partial charge is 0.392 e. The van der Waals surface area contributed by atoms with E-state index in [1.807, 2.05) is 0 Å². The lowest BCUT2D eigenvalue weighted by Crippen LogP contribution is -2.02. The van der Waals surface area contributed by atoms with Crippen LogP contribution in [0.25, 0.3) is 0 Å². The average Bonchev–Trinajstić information content (AvgIpc) is 1.46. The van der Waals surface area contributed by atoms with Gasteiger partial charge in [0.1, 0.15) is 0 Å². The highest BCUT2D eigenvalue weighted by Gasteiger charge is 1.33. The number of hydrogen-bond donors (Lipinski definition) is 3. The standard InChI is InChI=1S/CH5OP.H4N2/c2-1-3;1-2/h2H,1,3H2;1-2H2. The molecule has 1 unspecified atom stereocenters. The monoisotopic (exact) mass is 96.0 g/mol. The summed E-state index contributed by atoms with van der Waals surface area (Å²) in [7, 11) is 2.13. The van der Waals surface area contributed by atoms with Crippen LogP contribution in [0.1, 0.15) is 0 Å². The van der Waals surface area contributed by atoms with E-state index in [9.17, 15) is 0 Å². The van der Waals surface area contributed by atoms with Crippen LogP contribution in [0.2, 0.25) is 0 Å². The van der Waals surface area contributed by atoms with Crippen molar-refractivity contribution in [3.63, 3.8) is 0 Å². The van der Waals surface area contributed by atoms with Crippen LogP contribution in [0.3, 0.4) is 0 Å². The summed E-state index contributed by atoms with van der Waals surface area (Å²) >= 11 is 0. The highest BCUT2D eigenvalue weighted by molar-refractivity contribution is 7.16. The van der Waals surface area contributed by atoms with Crippen LogP contribution in [-0.4, -0.2) is 11.5 Å². The summed E-state index contributed by atoms with van der Waals surface area (Å²) in [5.41, 5.74) is 0. The van der Waals surface area contributed by atoms with Gasteiger partial charge in [0.2, 0.25) is 0 Å². The van der Waals surface area contributed by atoms with Crippen LogP contribution >= 0.6 is 9.24 Å². The van der Waals surface area contributed by atoms with E-state index in [4.69, 9.17) is 5.11 Å². The molecule has 0 radical (unpaired) electrons. The molecular weight excluding hydrogens is 87.0 g/mol. The first-order valence-electron chi connectivity index (χ1n) is 1.06. The molecule has 0 rings (SSSR count). The highest BCUT2D eigenvalue weighted by atomic mass is 31.0. The molecule has 0 aliphatic rings. The Hall–Kier alpha value is 0.310. The normalized spacial score (nSPS) is 4.80. The van der Waals surface area contributed by atoms with Gasteiger partial charge in [-0.1, -0.05) is 0 Å². The Labute approximate surface area is 33.5 Å². The molecule has 4 heteroatoms. The summed E-state index contributed by atoms with van der Waals surface area (Å²) in [4.78, 5) is 0. The van der Waals surface area contributed by atoms with Gasteiger partial charge in [0.05, 0.1) is 6.35 Å². The second-order valence-electron chi connectivity index (χ2n) is 0.183. The van der Waals surface area contributed by atoms with Gasteiger partial charge in [-0.2, -0.15) is 0 Å². The first kappa shape index (κ1) is 9.00. The molecule has 34 valence electrons. The van der Waals surface area contributed by atoms with Gasteiger partial charge in [-0.05, 0) is 0 Å². The third-order valence-electron chi connectivity index (χ3n) is 0. The molecule has 0 fully saturated rings. The minimum atomic E-state index is 0.167. The van der Waals surface area contributed by atoms with Crippen molar-refractivity contribution < 1.29 is 5.11 Å². The van der Waals surface area contributed by atoms with Crippen molar-refractivity contribution >= 4 is 9.24 Å². The molecule has 0 aromatic heterocycles. The summed E-state index contributed by atoms with van der Waals surface area (Å²) in [5.74, 6) is 8.00. The number of nitrogens with two attached hydrogens (primary N) is 2. The second-order valence-corrected chi connectivity index (χ2v) is 0.548. The van der Waals surface area contributed by atoms with Crippen molar-refractivity contribution in [2.45, 2.75) is 0 Å². The molecule has 0 aliphatic carbocycles. The molecule has 0 saturated carbocycles. The molecule has 0 spiro atoms. The fourth-order valence-electron chi connectivity index (χ4n) is 0. The fraction of sp³-hybridized carbons (Fsp3) is 1.00. The van der Waals surface area contributed by atoms with Crippen molar-refractivity contribution in [2.24, 2.45) is 11.7 Å². The van der Waals surface area contributed by atoms with Crippen molar-refractivity contribution in [1.29, 1.82) is 0 Å². The van der Waals surface area contributed by atoms with Gasteiger partial charge in [-0.25, -0.2) is 0 Å². The molecule has 0 aromatic rings. The van der Waals surface area contributed by atoms with Crippen LogP contribution in [0.15, 0.2) is 0 Å². The van der Waals surface area contributed by atoms with E-state index >= 15 is 0 Å². The zero-order valence-corrected chi connectivity index (χ0v) is 4.04. The lowest BCUT2D eigenvalue weighted by molar-refractivity contribution is 0.375. The van der Waals surface area contributed by atoms with E-state index in [0.717, 1.165) is 0 Å². The van der Waals surface area contributed by atoms with Crippen LogP contribution < -0.4 is 11.7 Å². The maximum Gasteiger partial charge on any atom is 0.0567 e. The topological polar surface area (TPSA) is 72.3 Å². The third-order valence-corrected chi connectivity index (χ3v) is 0. The Morgan fingerprint density at radius 2 is 1.60 bits per heavy atom. The van der Waals surface area contributed by atoms with E-state index in [1.54, 1.807) is 0 Å². The zero-order valence-electron chi connectivity index (χ0n) is 2.89. The van der Waals surface area contributed by atoms with Crippen LogP contribution in [0.5, 0.6) is 0 Å². The van der Waals surface area contributed by atoms with Gasteiger partial charge in [0, 0.05) is 0 Å². The molecule has 1 atom stereocenters. The van der Waals surface area contributed by atoms with Crippen LogP contribution in [-0.2, 0) is 0 Å². The maximum atomic E-state index is 7.53. The number of aliphatic hydroxyl groups is 1. The number of hydrogen-bond acceptors (Lipinski definition) is 3. The molecule has 0 aromatic carbocycles. The van der Waals surface area contributed by atoms with E-state index in [2.05, 4.69) is 20.9 Å². The predicted octanol–water partition coefficient (Wildman–Crippen LogP) is -1.37. The zero-order chi connectivity index (χ0) is 4.71. The molecule has 0 heterocycles. The minimum absolute atomic E-state index is 0.167. The third kappa shape index (κ3) is 239. The van der Waals surface area contributed by atoms with E-state index in [0.29, 0.717) is 0 Å². The van der Waals surface area contributed by atoms with Gasteiger partial charge in [0.25, 0.3) is 0 Å². The van der Waals surface area contributed by atoms with E-state index in [-0.39, 0.29) is 6.35 Å². The van der Waals surface area contributed by atoms with Gasteiger partial charge in [-0.15, -0.1) is 9.24 Å². The summed E-state index contributed by atoms with van der Waals surface area (Å²) in [5, 5.41) is 7.53. The Kier molecular flexibility index (Phi) is 49.5. The van der Waals surface area contributed by atoms with Gasteiger partial charge < -0.3 is 5.11 Å². The molecule has 5 heavy (non-hydrogen) atoms.